The first-order chi connectivity index (χ1) is 5.56. The number of aryl methyl sites for hydroxylation is 1. The van der Waals surface area contributed by atoms with Gasteiger partial charge in [0.15, 0.2) is 0 Å². The second-order valence-electron chi connectivity index (χ2n) is 3.38. The topological polar surface area (TPSA) is 12.9 Å². The summed E-state index contributed by atoms with van der Waals surface area (Å²) in [4.78, 5) is 4.49. The van der Waals surface area contributed by atoms with Crippen LogP contribution in [0.2, 0.25) is 0 Å². The van der Waals surface area contributed by atoms with Gasteiger partial charge in [-0.1, -0.05) is 6.07 Å². The molecule has 0 spiro atoms. The van der Waals surface area contributed by atoms with Crippen LogP contribution in [0.4, 0.5) is 0 Å². The van der Waals surface area contributed by atoms with Crippen LogP contribution in [0.1, 0.15) is 25.2 Å². The van der Waals surface area contributed by atoms with Crippen molar-refractivity contribution >= 4 is 11.8 Å². The van der Waals surface area contributed by atoms with Crippen molar-refractivity contribution in [1.82, 2.24) is 4.98 Å². The van der Waals surface area contributed by atoms with Gasteiger partial charge in [0.25, 0.3) is 0 Å². The molecule has 1 aromatic heterocycles. The van der Waals surface area contributed by atoms with E-state index in [2.05, 4.69) is 37.2 Å². The van der Waals surface area contributed by atoms with Gasteiger partial charge in [0.2, 0.25) is 0 Å². The number of hydrogen-bond donors (Lipinski definition) is 0. The molecule has 0 amide bonds. The van der Waals surface area contributed by atoms with Crippen LogP contribution >= 0.6 is 11.8 Å². The van der Waals surface area contributed by atoms with Crippen molar-refractivity contribution in [2.24, 2.45) is 0 Å². The van der Waals surface area contributed by atoms with E-state index in [1.54, 1.807) is 0 Å². The molecule has 66 valence electrons. The molecule has 0 radical (unpaired) electrons. The first-order valence-corrected chi connectivity index (χ1v) is 5.28. The highest BCUT2D eigenvalue weighted by molar-refractivity contribution is 7.99. The summed E-state index contributed by atoms with van der Waals surface area (Å²) in [6, 6.07) is 6.18. The lowest BCUT2D eigenvalue weighted by molar-refractivity contribution is 0.744. The number of rotatable bonds is 2. The van der Waals surface area contributed by atoms with Crippen molar-refractivity contribution in [3.05, 3.63) is 29.6 Å². The summed E-state index contributed by atoms with van der Waals surface area (Å²) in [6.07, 6.45) is 2.12. The van der Waals surface area contributed by atoms with Crippen LogP contribution in [-0.4, -0.2) is 11.2 Å². The molecule has 1 aromatic rings. The predicted molar refractivity (Wildman–Crippen MR) is 55.5 cm³/mol. The van der Waals surface area contributed by atoms with Gasteiger partial charge in [-0.25, -0.2) is 0 Å². The third-order valence-electron chi connectivity index (χ3n) is 2.02. The Labute approximate surface area is 78.6 Å². The monoisotopic (exact) mass is 181 g/mol. The van der Waals surface area contributed by atoms with Crippen LogP contribution in [0.15, 0.2) is 18.2 Å². The minimum atomic E-state index is 0.131. The molecule has 0 aliphatic heterocycles. The Morgan fingerprint density at radius 1 is 1.33 bits per heavy atom. The Balaban J connectivity index is 3.03. The fraction of sp³-hybridized carbons (Fsp3) is 0.500. The summed E-state index contributed by atoms with van der Waals surface area (Å²) in [6.45, 7) is 6.42. The molecule has 1 nitrogen and oxygen atoms in total. The van der Waals surface area contributed by atoms with E-state index in [9.17, 15) is 0 Å². The zero-order chi connectivity index (χ0) is 9.19. The molecule has 0 aliphatic carbocycles. The Morgan fingerprint density at radius 2 is 2.00 bits per heavy atom. The number of nitrogens with zero attached hydrogens (tertiary/aromatic N) is 1. The maximum atomic E-state index is 4.49. The van der Waals surface area contributed by atoms with Gasteiger partial charge in [-0.05, 0) is 39.2 Å². The molecule has 1 heterocycles. The highest BCUT2D eigenvalue weighted by Crippen LogP contribution is 2.31. The van der Waals surface area contributed by atoms with E-state index in [4.69, 9.17) is 0 Å². The molecule has 0 fully saturated rings. The van der Waals surface area contributed by atoms with E-state index in [0.717, 1.165) is 11.4 Å². The zero-order valence-electron chi connectivity index (χ0n) is 8.09. The Hall–Kier alpha value is -0.500. The lowest BCUT2D eigenvalue weighted by atomic mass is 10.1. The molecule has 0 N–H and O–H groups in total. The minimum Gasteiger partial charge on any atom is -0.257 e. The third-order valence-corrected chi connectivity index (χ3v) is 3.25. The van der Waals surface area contributed by atoms with Crippen molar-refractivity contribution < 1.29 is 0 Å². The molecular formula is C10H15NS. The van der Waals surface area contributed by atoms with Gasteiger partial charge < -0.3 is 0 Å². The molecule has 0 bridgehead atoms. The second kappa shape index (κ2) is 3.48. The minimum absolute atomic E-state index is 0.131. The number of pyridine rings is 1. The Bertz CT molecular complexity index is 268. The molecule has 2 heteroatoms. The van der Waals surface area contributed by atoms with E-state index in [0.29, 0.717) is 0 Å². The average Bonchev–Trinajstić information content (AvgIpc) is 2.05. The smallest absolute Gasteiger partial charge is 0.0561 e. The van der Waals surface area contributed by atoms with Crippen LogP contribution in [0.5, 0.6) is 0 Å². The average molecular weight is 181 g/mol. The molecule has 0 unspecified atom stereocenters. The zero-order valence-corrected chi connectivity index (χ0v) is 8.90. The maximum absolute atomic E-state index is 4.49. The molecule has 0 aromatic carbocycles. The normalized spacial score (nSPS) is 11.7. The highest BCUT2D eigenvalue weighted by Gasteiger charge is 2.19. The molecule has 0 aliphatic rings. The fourth-order valence-corrected chi connectivity index (χ4v) is 1.31. The number of aromatic nitrogens is 1. The Kier molecular flexibility index (Phi) is 2.78. The van der Waals surface area contributed by atoms with E-state index in [-0.39, 0.29) is 4.75 Å². The van der Waals surface area contributed by atoms with Gasteiger partial charge in [-0.15, -0.1) is 0 Å². The maximum Gasteiger partial charge on any atom is 0.0561 e. The van der Waals surface area contributed by atoms with Crippen molar-refractivity contribution in [2.75, 3.05) is 6.26 Å². The van der Waals surface area contributed by atoms with E-state index in [1.165, 1.54) is 0 Å². The summed E-state index contributed by atoms with van der Waals surface area (Å²) in [5.74, 6) is 0. The summed E-state index contributed by atoms with van der Waals surface area (Å²) in [7, 11) is 0. The quantitative estimate of drug-likeness (QED) is 0.695. The second-order valence-corrected chi connectivity index (χ2v) is 4.81. The van der Waals surface area contributed by atoms with Crippen LogP contribution < -0.4 is 0 Å². The highest BCUT2D eigenvalue weighted by atomic mass is 32.2. The largest absolute Gasteiger partial charge is 0.257 e. The van der Waals surface area contributed by atoms with Crippen molar-refractivity contribution in [1.29, 1.82) is 0 Å². The van der Waals surface area contributed by atoms with Gasteiger partial charge in [0, 0.05) is 5.69 Å². The van der Waals surface area contributed by atoms with Gasteiger partial charge >= 0.3 is 0 Å². The van der Waals surface area contributed by atoms with Gasteiger partial charge in [0.05, 0.1) is 10.4 Å². The summed E-state index contributed by atoms with van der Waals surface area (Å²) >= 11 is 1.83. The van der Waals surface area contributed by atoms with Crippen molar-refractivity contribution in [3.8, 4) is 0 Å². The molecule has 1 rings (SSSR count). The van der Waals surface area contributed by atoms with Gasteiger partial charge in [-0.3, -0.25) is 4.98 Å². The number of hydrogen-bond acceptors (Lipinski definition) is 2. The van der Waals surface area contributed by atoms with E-state index >= 15 is 0 Å². The third kappa shape index (κ3) is 2.01. The molecular weight excluding hydrogens is 166 g/mol. The molecule has 0 saturated heterocycles. The first-order valence-electron chi connectivity index (χ1n) is 4.05. The SMILES string of the molecule is CSC(C)(C)c1cccc(C)n1. The summed E-state index contributed by atoms with van der Waals surface area (Å²) in [5, 5.41) is 0. The van der Waals surface area contributed by atoms with Crippen LogP contribution in [0.25, 0.3) is 0 Å². The Morgan fingerprint density at radius 3 is 2.50 bits per heavy atom. The van der Waals surface area contributed by atoms with Crippen LogP contribution in [0.3, 0.4) is 0 Å². The summed E-state index contributed by atoms with van der Waals surface area (Å²) < 4.78 is 0.131. The lowest BCUT2D eigenvalue weighted by Gasteiger charge is -2.21. The standard InChI is InChI=1S/C10H15NS/c1-8-6-5-7-9(11-8)10(2,3)12-4/h5-7H,1-4H3. The summed E-state index contributed by atoms with van der Waals surface area (Å²) in [5.41, 5.74) is 2.25. The lowest BCUT2D eigenvalue weighted by Crippen LogP contribution is -2.13. The predicted octanol–water partition coefficient (Wildman–Crippen LogP) is 2.99. The fourth-order valence-electron chi connectivity index (χ4n) is 0.983. The van der Waals surface area contributed by atoms with Crippen molar-refractivity contribution in [3.63, 3.8) is 0 Å². The first kappa shape index (κ1) is 9.59. The van der Waals surface area contributed by atoms with E-state index < -0.39 is 0 Å². The van der Waals surface area contributed by atoms with Crippen LogP contribution in [0, 0.1) is 6.92 Å². The van der Waals surface area contributed by atoms with Crippen molar-refractivity contribution in [2.45, 2.75) is 25.5 Å². The molecule has 0 saturated carbocycles. The molecule has 0 atom stereocenters. The number of thioether (sulfide) groups is 1. The molecule has 12 heavy (non-hydrogen) atoms. The van der Waals surface area contributed by atoms with Gasteiger partial charge in [0.1, 0.15) is 0 Å². The van der Waals surface area contributed by atoms with E-state index in [1.807, 2.05) is 24.8 Å². The van der Waals surface area contributed by atoms with Crippen LogP contribution in [-0.2, 0) is 4.75 Å². The van der Waals surface area contributed by atoms with Gasteiger partial charge in [-0.2, -0.15) is 11.8 Å².